The standard InChI is InChI=1S/C11H8F5N3OS/c12-10(13)2-1-4-5(3-10)21-7(17)6(4)8-18-9(19-20-8)11(14,15)16/h1-3,17H2. The SMILES string of the molecule is Nc1sc2c(c1-c1nc(C(F)(F)F)no1)CCC(F)(F)C2. The molecule has 0 spiro atoms. The van der Waals surface area contributed by atoms with Gasteiger partial charge in [0, 0.05) is 17.7 Å². The first kappa shape index (κ1) is 14.2. The highest BCUT2D eigenvalue weighted by atomic mass is 32.1. The summed E-state index contributed by atoms with van der Waals surface area (Å²) in [6.07, 6.45) is -5.59. The van der Waals surface area contributed by atoms with Crippen molar-refractivity contribution in [2.75, 3.05) is 5.73 Å². The second kappa shape index (κ2) is 4.39. The number of nitrogens with two attached hydrogens (primary N) is 1. The lowest BCUT2D eigenvalue weighted by molar-refractivity contribution is -0.146. The zero-order valence-electron chi connectivity index (χ0n) is 10.3. The molecule has 0 aromatic carbocycles. The smallest absolute Gasteiger partial charge is 0.390 e. The predicted molar refractivity (Wildman–Crippen MR) is 64.0 cm³/mol. The predicted octanol–water partition coefficient (Wildman–Crippen LogP) is 3.52. The van der Waals surface area contributed by atoms with E-state index in [-0.39, 0.29) is 29.3 Å². The molecule has 2 aromatic heterocycles. The van der Waals surface area contributed by atoms with Crippen LogP contribution < -0.4 is 5.73 Å². The van der Waals surface area contributed by atoms with Crippen LogP contribution in [0.15, 0.2) is 4.52 Å². The molecule has 0 radical (unpaired) electrons. The van der Waals surface area contributed by atoms with E-state index in [1.54, 1.807) is 0 Å². The van der Waals surface area contributed by atoms with Gasteiger partial charge >= 0.3 is 6.18 Å². The molecule has 0 saturated carbocycles. The van der Waals surface area contributed by atoms with E-state index in [2.05, 4.69) is 14.7 Å². The molecule has 0 unspecified atom stereocenters. The van der Waals surface area contributed by atoms with E-state index in [1.807, 2.05) is 0 Å². The number of thiophene rings is 1. The van der Waals surface area contributed by atoms with Crippen molar-refractivity contribution in [1.82, 2.24) is 10.1 Å². The van der Waals surface area contributed by atoms with Gasteiger partial charge in [-0.1, -0.05) is 5.16 Å². The third-order valence-corrected chi connectivity index (χ3v) is 4.23. The number of hydrogen-bond donors (Lipinski definition) is 1. The molecule has 0 bridgehead atoms. The normalized spacial score (nSPS) is 17.8. The van der Waals surface area contributed by atoms with Gasteiger partial charge in [0.15, 0.2) is 0 Å². The Morgan fingerprint density at radius 1 is 1.29 bits per heavy atom. The molecule has 3 rings (SSSR count). The summed E-state index contributed by atoms with van der Waals surface area (Å²) < 4.78 is 68.7. The molecule has 1 aliphatic carbocycles. The quantitative estimate of drug-likeness (QED) is 0.815. The van der Waals surface area contributed by atoms with E-state index >= 15 is 0 Å². The van der Waals surface area contributed by atoms with Crippen molar-refractivity contribution in [1.29, 1.82) is 0 Å². The topological polar surface area (TPSA) is 64.9 Å². The number of halogens is 5. The summed E-state index contributed by atoms with van der Waals surface area (Å²) in [6.45, 7) is 0. The van der Waals surface area contributed by atoms with E-state index in [9.17, 15) is 22.0 Å². The van der Waals surface area contributed by atoms with Crippen molar-refractivity contribution in [3.05, 3.63) is 16.3 Å². The molecule has 0 atom stereocenters. The number of hydrogen-bond acceptors (Lipinski definition) is 5. The molecule has 0 aliphatic heterocycles. The summed E-state index contributed by atoms with van der Waals surface area (Å²) in [4.78, 5) is 3.62. The zero-order chi connectivity index (χ0) is 15.4. The molecular weight excluding hydrogens is 317 g/mol. The van der Waals surface area contributed by atoms with Crippen LogP contribution in [0.2, 0.25) is 0 Å². The maximum atomic E-state index is 13.4. The second-order valence-corrected chi connectivity index (χ2v) is 5.83. The molecule has 10 heteroatoms. The van der Waals surface area contributed by atoms with Crippen molar-refractivity contribution in [2.24, 2.45) is 0 Å². The Labute approximate surface area is 118 Å². The van der Waals surface area contributed by atoms with Crippen molar-refractivity contribution >= 4 is 16.3 Å². The number of aromatic nitrogens is 2. The third kappa shape index (κ3) is 2.47. The molecule has 4 nitrogen and oxygen atoms in total. The van der Waals surface area contributed by atoms with Gasteiger partial charge in [0.05, 0.1) is 10.6 Å². The van der Waals surface area contributed by atoms with Gasteiger partial charge in [-0.3, -0.25) is 0 Å². The lowest BCUT2D eigenvalue weighted by Crippen LogP contribution is -2.24. The molecule has 1 aliphatic rings. The highest BCUT2D eigenvalue weighted by Gasteiger charge is 2.40. The van der Waals surface area contributed by atoms with Crippen LogP contribution in [-0.4, -0.2) is 16.1 Å². The maximum absolute atomic E-state index is 13.4. The van der Waals surface area contributed by atoms with E-state index < -0.39 is 24.3 Å². The first-order chi connectivity index (χ1) is 9.67. The van der Waals surface area contributed by atoms with Crippen molar-refractivity contribution in [3.63, 3.8) is 0 Å². The van der Waals surface area contributed by atoms with Gasteiger partial charge in [-0.05, 0) is 12.0 Å². The lowest BCUT2D eigenvalue weighted by atomic mass is 9.93. The minimum atomic E-state index is -4.74. The Kier molecular flexibility index (Phi) is 2.98. The van der Waals surface area contributed by atoms with Crippen molar-refractivity contribution < 1.29 is 26.5 Å². The fraction of sp³-hybridized carbons (Fsp3) is 0.455. The minimum absolute atomic E-state index is 0.00903. The molecular formula is C11H8F5N3OS. The Balaban J connectivity index is 2.04. The zero-order valence-corrected chi connectivity index (χ0v) is 11.1. The fourth-order valence-corrected chi connectivity index (χ4v) is 3.44. The van der Waals surface area contributed by atoms with Crippen LogP contribution in [0.25, 0.3) is 11.5 Å². The molecule has 0 saturated heterocycles. The van der Waals surface area contributed by atoms with Crippen LogP contribution >= 0.6 is 11.3 Å². The first-order valence-electron chi connectivity index (χ1n) is 5.86. The van der Waals surface area contributed by atoms with Gasteiger partial charge < -0.3 is 10.3 Å². The summed E-state index contributed by atoms with van der Waals surface area (Å²) in [5.41, 5.74) is 6.34. The summed E-state index contributed by atoms with van der Waals surface area (Å²) in [5, 5.41) is 2.96. The van der Waals surface area contributed by atoms with Crippen LogP contribution in [0.4, 0.5) is 27.0 Å². The highest BCUT2D eigenvalue weighted by molar-refractivity contribution is 7.16. The molecule has 2 N–H and O–H groups in total. The molecule has 2 aromatic rings. The Bertz CT molecular complexity index is 691. The number of anilines is 1. The number of nitrogens with zero attached hydrogens (tertiary/aromatic N) is 2. The molecule has 0 amide bonds. The number of rotatable bonds is 1. The number of nitrogen functional groups attached to an aromatic ring is 1. The van der Waals surface area contributed by atoms with Crippen LogP contribution in [0.3, 0.4) is 0 Å². The average Bonchev–Trinajstić information content (AvgIpc) is 2.90. The van der Waals surface area contributed by atoms with Gasteiger partial charge in [0.2, 0.25) is 0 Å². The van der Waals surface area contributed by atoms with E-state index in [0.29, 0.717) is 10.4 Å². The second-order valence-electron chi connectivity index (χ2n) is 4.70. The van der Waals surface area contributed by atoms with Crippen molar-refractivity contribution in [3.8, 4) is 11.5 Å². The van der Waals surface area contributed by atoms with E-state index in [0.717, 1.165) is 11.3 Å². The summed E-state index contributed by atoms with van der Waals surface area (Å²) >= 11 is 0.919. The minimum Gasteiger partial charge on any atom is -0.390 e. The van der Waals surface area contributed by atoms with E-state index in [1.165, 1.54) is 0 Å². The van der Waals surface area contributed by atoms with Gasteiger partial charge in [-0.15, -0.1) is 11.3 Å². The first-order valence-corrected chi connectivity index (χ1v) is 6.68. The van der Waals surface area contributed by atoms with Crippen LogP contribution in [0, 0.1) is 0 Å². The van der Waals surface area contributed by atoms with Gasteiger partial charge in [-0.25, -0.2) is 8.78 Å². The molecule has 2 heterocycles. The van der Waals surface area contributed by atoms with Gasteiger partial charge in [0.25, 0.3) is 17.6 Å². The Morgan fingerprint density at radius 3 is 2.62 bits per heavy atom. The van der Waals surface area contributed by atoms with Gasteiger partial charge in [-0.2, -0.15) is 18.2 Å². The monoisotopic (exact) mass is 325 g/mol. The van der Waals surface area contributed by atoms with Gasteiger partial charge in [0.1, 0.15) is 0 Å². The highest BCUT2D eigenvalue weighted by Crippen LogP contribution is 2.45. The Morgan fingerprint density at radius 2 is 2.00 bits per heavy atom. The van der Waals surface area contributed by atoms with Crippen molar-refractivity contribution in [2.45, 2.75) is 31.4 Å². The number of alkyl halides is 5. The van der Waals surface area contributed by atoms with Crippen LogP contribution in [0.5, 0.6) is 0 Å². The van der Waals surface area contributed by atoms with Crippen LogP contribution in [0.1, 0.15) is 22.7 Å². The third-order valence-electron chi connectivity index (χ3n) is 3.17. The summed E-state index contributed by atoms with van der Waals surface area (Å²) in [5.74, 6) is -4.63. The average molecular weight is 325 g/mol. The van der Waals surface area contributed by atoms with Crippen LogP contribution in [-0.2, 0) is 19.0 Å². The maximum Gasteiger partial charge on any atom is 0.455 e. The molecule has 21 heavy (non-hydrogen) atoms. The van der Waals surface area contributed by atoms with E-state index in [4.69, 9.17) is 5.73 Å². The number of fused-ring (bicyclic) bond motifs is 1. The molecule has 114 valence electrons. The fourth-order valence-electron chi connectivity index (χ4n) is 2.25. The summed E-state index contributed by atoms with van der Waals surface area (Å²) in [6, 6.07) is 0. The summed E-state index contributed by atoms with van der Waals surface area (Å²) in [7, 11) is 0. The largest absolute Gasteiger partial charge is 0.455 e. The Hall–Kier alpha value is -1.71. The molecule has 0 fully saturated rings. The lowest BCUT2D eigenvalue weighted by Gasteiger charge is -2.21.